The SMILES string of the molecule is CC(C)OC(COc1ncc(-c2ncco2)cc1C(=O)NC(C)(C)C(=O)O)c1ccccc1. The number of pyridine rings is 1. The van der Waals surface area contributed by atoms with E-state index in [0.717, 1.165) is 5.56 Å². The number of hydrogen-bond acceptors (Lipinski definition) is 7. The van der Waals surface area contributed by atoms with Gasteiger partial charge in [0, 0.05) is 6.20 Å². The average molecular weight is 453 g/mol. The Bertz CT molecular complexity index is 1080. The van der Waals surface area contributed by atoms with Crippen molar-refractivity contribution < 1.29 is 28.6 Å². The second-order valence-electron chi connectivity index (χ2n) is 8.19. The van der Waals surface area contributed by atoms with E-state index in [2.05, 4.69) is 15.3 Å². The van der Waals surface area contributed by atoms with Gasteiger partial charge in [0.25, 0.3) is 5.91 Å². The molecule has 9 heteroatoms. The van der Waals surface area contributed by atoms with E-state index in [1.807, 2.05) is 44.2 Å². The number of benzene rings is 1. The highest BCUT2D eigenvalue weighted by atomic mass is 16.5. The van der Waals surface area contributed by atoms with Crippen LogP contribution in [0.15, 0.2) is 59.5 Å². The van der Waals surface area contributed by atoms with Crippen LogP contribution >= 0.6 is 0 Å². The summed E-state index contributed by atoms with van der Waals surface area (Å²) < 4.78 is 17.2. The molecule has 1 unspecified atom stereocenters. The fourth-order valence-electron chi connectivity index (χ4n) is 2.98. The molecule has 2 N–H and O–H groups in total. The average Bonchev–Trinajstić information content (AvgIpc) is 3.31. The molecular weight excluding hydrogens is 426 g/mol. The number of carbonyl (C=O) groups excluding carboxylic acids is 1. The van der Waals surface area contributed by atoms with Gasteiger partial charge in [-0.15, -0.1) is 0 Å². The van der Waals surface area contributed by atoms with Gasteiger partial charge in [0.15, 0.2) is 0 Å². The Morgan fingerprint density at radius 3 is 2.52 bits per heavy atom. The van der Waals surface area contributed by atoms with Crippen molar-refractivity contribution in [3.8, 4) is 17.3 Å². The van der Waals surface area contributed by atoms with Gasteiger partial charge in [0.1, 0.15) is 30.1 Å². The van der Waals surface area contributed by atoms with Crippen LogP contribution in [0.5, 0.6) is 5.88 Å². The third-order valence-electron chi connectivity index (χ3n) is 4.71. The summed E-state index contributed by atoms with van der Waals surface area (Å²) in [6.45, 7) is 6.72. The number of carbonyl (C=O) groups is 2. The van der Waals surface area contributed by atoms with Gasteiger partial charge in [0.2, 0.25) is 11.8 Å². The summed E-state index contributed by atoms with van der Waals surface area (Å²) in [5, 5.41) is 11.9. The number of amides is 1. The first-order chi connectivity index (χ1) is 15.7. The third-order valence-corrected chi connectivity index (χ3v) is 4.71. The van der Waals surface area contributed by atoms with E-state index in [4.69, 9.17) is 13.9 Å². The highest BCUT2D eigenvalue weighted by Gasteiger charge is 2.31. The molecule has 9 nitrogen and oxygen atoms in total. The molecule has 0 saturated carbocycles. The lowest BCUT2D eigenvalue weighted by atomic mass is 10.0. The Labute approximate surface area is 191 Å². The Morgan fingerprint density at radius 1 is 1.18 bits per heavy atom. The molecule has 3 aromatic rings. The van der Waals surface area contributed by atoms with Gasteiger partial charge in [0.05, 0.1) is 17.9 Å². The maximum absolute atomic E-state index is 13.0. The highest BCUT2D eigenvalue weighted by molar-refractivity contribution is 6.00. The van der Waals surface area contributed by atoms with E-state index in [1.165, 1.54) is 38.6 Å². The summed E-state index contributed by atoms with van der Waals surface area (Å²) in [6.07, 6.45) is 3.90. The quantitative estimate of drug-likeness (QED) is 0.474. The molecule has 1 amide bonds. The predicted octanol–water partition coefficient (Wildman–Crippen LogP) is 3.87. The number of ether oxygens (including phenoxy) is 2. The minimum atomic E-state index is -1.50. The first-order valence-corrected chi connectivity index (χ1v) is 10.5. The van der Waals surface area contributed by atoms with Crippen molar-refractivity contribution in [3.05, 3.63) is 66.2 Å². The maximum atomic E-state index is 13.0. The minimum Gasteiger partial charge on any atom is -0.480 e. The van der Waals surface area contributed by atoms with Crippen LogP contribution in [-0.4, -0.2) is 45.2 Å². The molecule has 33 heavy (non-hydrogen) atoms. The molecule has 0 spiro atoms. The number of nitrogens with one attached hydrogen (secondary N) is 1. The summed E-state index contributed by atoms with van der Waals surface area (Å²) in [5.41, 5.74) is -0.0821. The van der Waals surface area contributed by atoms with Gasteiger partial charge < -0.3 is 24.3 Å². The Morgan fingerprint density at radius 2 is 1.91 bits per heavy atom. The fraction of sp³-hybridized carbons (Fsp3) is 0.333. The van der Waals surface area contributed by atoms with Crippen molar-refractivity contribution in [1.29, 1.82) is 0 Å². The molecule has 0 radical (unpaired) electrons. The molecule has 0 saturated heterocycles. The van der Waals surface area contributed by atoms with E-state index in [0.29, 0.717) is 5.56 Å². The zero-order chi connectivity index (χ0) is 24.0. The first-order valence-electron chi connectivity index (χ1n) is 10.5. The number of aliphatic carboxylic acids is 1. The lowest BCUT2D eigenvalue weighted by Gasteiger charge is -2.23. The van der Waals surface area contributed by atoms with Crippen LogP contribution in [0.3, 0.4) is 0 Å². The number of carboxylic acid groups (broad SMARTS) is 1. The Kier molecular flexibility index (Phi) is 7.44. The smallest absolute Gasteiger partial charge is 0.328 e. The highest BCUT2D eigenvalue weighted by Crippen LogP contribution is 2.26. The predicted molar refractivity (Wildman–Crippen MR) is 120 cm³/mol. The van der Waals surface area contributed by atoms with Crippen molar-refractivity contribution in [1.82, 2.24) is 15.3 Å². The third kappa shape index (κ3) is 6.17. The van der Waals surface area contributed by atoms with Crippen molar-refractivity contribution >= 4 is 11.9 Å². The topological polar surface area (TPSA) is 124 Å². The molecule has 0 aliphatic rings. The summed E-state index contributed by atoms with van der Waals surface area (Å²) in [6, 6.07) is 11.1. The van der Waals surface area contributed by atoms with Crippen LogP contribution in [0.25, 0.3) is 11.5 Å². The fourth-order valence-corrected chi connectivity index (χ4v) is 2.98. The number of carboxylic acids is 1. The first kappa shape index (κ1) is 23.9. The number of rotatable bonds is 10. The maximum Gasteiger partial charge on any atom is 0.328 e. The van der Waals surface area contributed by atoms with Crippen LogP contribution in [0.2, 0.25) is 0 Å². The monoisotopic (exact) mass is 453 g/mol. The van der Waals surface area contributed by atoms with E-state index in [1.54, 1.807) is 0 Å². The van der Waals surface area contributed by atoms with Crippen molar-refractivity contribution in [3.63, 3.8) is 0 Å². The molecule has 3 rings (SSSR count). The molecule has 0 aliphatic carbocycles. The Hall–Kier alpha value is -3.72. The van der Waals surface area contributed by atoms with Crippen LogP contribution < -0.4 is 10.1 Å². The van der Waals surface area contributed by atoms with Gasteiger partial charge in [-0.05, 0) is 39.3 Å². The van der Waals surface area contributed by atoms with Crippen LogP contribution in [0.1, 0.15) is 49.7 Å². The summed E-state index contributed by atoms with van der Waals surface area (Å²) in [5.74, 6) is -1.52. The van der Waals surface area contributed by atoms with Crippen LogP contribution in [0, 0.1) is 0 Å². The molecule has 174 valence electrons. The molecule has 0 bridgehead atoms. The Balaban J connectivity index is 1.91. The zero-order valence-corrected chi connectivity index (χ0v) is 18.9. The van der Waals surface area contributed by atoms with Crippen LogP contribution in [-0.2, 0) is 9.53 Å². The van der Waals surface area contributed by atoms with E-state index < -0.39 is 23.5 Å². The normalized spacial score (nSPS) is 12.4. The standard InChI is InChI=1S/C24H27N3O6/c1-15(2)33-19(16-8-6-5-7-9-16)14-32-22-18(20(28)27-24(3,4)23(29)30)12-17(13-26-22)21-25-10-11-31-21/h5-13,15,19H,14H2,1-4H3,(H,27,28)(H,29,30). The van der Waals surface area contributed by atoms with Crippen LogP contribution in [0.4, 0.5) is 0 Å². The minimum absolute atomic E-state index is 0.0392. The van der Waals surface area contributed by atoms with Gasteiger partial charge in [-0.2, -0.15) is 0 Å². The van der Waals surface area contributed by atoms with E-state index in [9.17, 15) is 14.7 Å². The summed E-state index contributed by atoms with van der Waals surface area (Å²) >= 11 is 0. The molecule has 1 aromatic carbocycles. The van der Waals surface area contributed by atoms with Crippen molar-refractivity contribution in [2.24, 2.45) is 0 Å². The lowest BCUT2D eigenvalue weighted by Crippen LogP contribution is -2.49. The molecule has 0 fully saturated rings. The molecular formula is C24H27N3O6. The summed E-state index contributed by atoms with van der Waals surface area (Å²) in [4.78, 5) is 32.9. The molecule has 0 aliphatic heterocycles. The van der Waals surface area contributed by atoms with Crippen molar-refractivity contribution in [2.45, 2.75) is 45.4 Å². The summed E-state index contributed by atoms with van der Waals surface area (Å²) in [7, 11) is 0. The number of nitrogens with zero attached hydrogens (tertiary/aromatic N) is 2. The van der Waals surface area contributed by atoms with Gasteiger partial charge >= 0.3 is 5.97 Å². The van der Waals surface area contributed by atoms with E-state index >= 15 is 0 Å². The second-order valence-corrected chi connectivity index (χ2v) is 8.19. The number of hydrogen-bond donors (Lipinski definition) is 2. The number of oxazole rings is 1. The molecule has 1 atom stereocenters. The van der Waals surface area contributed by atoms with Gasteiger partial charge in [-0.3, -0.25) is 4.79 Å². The molecule has 2 aromatic heterocycles. The van der Waals surface area contributed by atoms with Gasteiger partial charge in [-0.1, -0.05) is 30.3 Å². The number of aromatic nitrogens is 2. The van der Waals surface area contributed by atoms with Gasteiger partial charge in [-0.25, -0.2) is 14.8 Å². The largest absolute Gasteiger partial charge is 0.480 e. The zero-order valence-electron chi connectivity index (χ0n) is 18.9. The van der Waals surface area contributed by atoms with Crippen molar-refractivity contribution in [2.75, 3.05) is 6.61 Å². The lowest BCUT2D eigenvalue weighted by molar-refractivity contribution is -0.143. The van der Waals surface area contributed by atoms with E-state index in [-0.39, 0.29) is 30.0 Å². The second kappa shape index (κ2) is 10.3. The molecule has 2 heterocycles.